The number of aromatic nitrogens is 2. The molecule has 0 aliphatic carbocycles. The highest BCUT2D eigenvalue weighted by atomic mass is 32.1. The van der Waals surface area contributed by atoms with Crippen molar-refractivity contribution in [2.24, 2.45) is 0 Å². The predicted molar refractivity (Wildman–Crippen MR) is 72.1 cm³/mol. The first-order valence-electron chi connectivity index (χ1n) is 5.56. The number of benzene rings is 1. The average molecular weight is 232 g/mol. The molecular formula is C13H16N2S. The highest BCUT2D eigenvalue weighted by Gasteiger charge is 2.06. The second-order valence-electron chi connectivity index (χ2n) is 3.63. The van der Waals surface area contributed by atoms with E-state index in [0.29, 0.717) is 0 Å². The molecule has 0 aliphatic rings. The average Bonchev–Trinajstić information content (AvgIpc) is 2.68. The van der Waals surface area contributed by atoms with Crippen LogP contribution in [0.1, 0.15) is 12.7 Å². The lowest BCUT2D eigenvalue weighted by atomic mass is 10.3. The third-order valence-electron chi connectivity index (χ3n) is 2.61. The molecule has 0 aliphatic heterocycles. The Morgan fingerprint density at radius 2 is 2.12 bits per heavy atom. The van der Waals surface area contributed by atoms with Crippen molar-refractivity contribution in [3.05, 3.63) is 42.2 Å². The smallest absolute Gasteiger partial charge is 0.109 e. The van der Waals surface area contributed by atoms with E-state index in [2.05, 4.69) is 59.5 Å². The molecule has 1 aromatic carbocycles. The van der Waals surface area contributed by atoms with E-state index in [-0.39, 0.29) is 0 Å². The minimum absolute atomic E-state index is 0.786. The van der Waals surface area contributed by atoms with Crippen LogP contribution in [-0.2, 0) is 13.0 Å². The summed E-state index contributed by atoms with van der Waals surface area (Å²) in [7, 11) is 0. The molecule has 0 atom stereocenters. The molecule has 0 unspecified atom stereocenters. The summed E-state index contributed by atoms with van der Waals surface area (Å²) in [6.07, 6.45) is 5.17. The van der Waals surface area contributed by atoms with E-state index in [1.54, 1.807) is 0 Å². The number of thiol groups is 1. The Labute approximate surface area is 101 Å². The Balaban J connectivity index is 2.43. The molecule has 1 heterocycles. The number of aryl methyl sites for hydroxylation is 1. The van der Waals surface area contributed by atoms with Gasteiger partial charge >= 0.3 is 0 Å². The lowest BCUT2D eigenvalue weighted by Crippen LogP contribution is -2.00. The quantitative estimate of drug-likeness (QED) is 0.633. The van der Waals surface area contributed by atoms with Gasteiger partial charge in [0.1, 0.15) is 5.82 Å². The molecule has 0 bridgehead atoms. The predicted octanol–water partition coefficient (Wildman–Crippen LogP) is 3.08. The van der Waals surface area contributed by atoms with Gasteiger partial charge in [-0.2, -0.15) is 12.6 Å². The standard InChI is InChI=1S/C13H16N2S/c1-2-13-14-11-7-3-4-8-12(11)15(13)9-5-6-10-16/h3-8,16H,2,9-10H2,1H3. The lowest BCUT2D eigenvalue weighted by Gasteiger charge is -2.03. The van der Waals surface area contributed by atoms with Crippen LogP contribution < -0.4 is 0 Å². The van der Waals surface area contributed by atoms with Crippen LogP contribution in [0.3, 0.4) is 0 Å². The number of nitrogens with zero attached hydrogens (tertiary/aromatic N) is 2. The van der Waals surface area contributed by atoms with Gasteiger partial charge in [0.15, 0.2) is 0 Å². The van der Waals surface area contributed by atoms with Gasteiger partial charge in [0.2, 0.25) is 0 Å². The van der Waals surface area contributed by atoms with E-state index < -0.39 is 0 Å². The van der Waals surface area contributed by atoms with E-state index in [9.17, 15) is 0 Å². The second-order valence-corrected chi connectivity index (χ2v) is 4.00. The summed E-state index contributed by atoms with van der Waals surface area (Å²) in [5, 5.41) is 0. The molecule has 0 radical (unpaired) electrons. The Hall–Kier alpha value is -1.22. The monoisotopic (exact) mass is 232 g/mol. The van der Waals surface area contributed by atoms with Crippen LogP contribution >= 0.6 is 12.6 Å². The minimum atomic E-state index is 0.786. The van der Waals surface area contributed by atoms with E-state index >= 15 is 0 Å². The summed E-state index contributed by atoms with van der Waals surface area (Å²) in [6, 6.07) is 8.27. The van der Waals surface area contributed by atoms with Gasteiger partial charge in [-0.1, -0.05) is 31.2 Å². The number of imidazole rings is 1. The van der Waals surface area contributed by atoms with Gasteiger partial charge in [-0.05, 0) is 12.1 Å². The van der Waals surface area contributed by atoms with Crippen molar-refractivity contribution in [2.75, 3.05) is 5.75 Å². The van der Waals surface area contributed by atoms with Crippen molar-refractivity contribution >= 4 is 23.7 Å². The molecule has 0 amide bonds. The zero-order valence-corrected chi connectivity index (χ0v) is 10.3. The summed E-state index contributed by atoms with van der Waals surface area (Å²) in [6.45, 7) is 3.02. The zero-order valence-electron chi connectivity index (χ0n) is 9.43. The van der Waals surface area contributed by atoms with Crippen LogP contribution in [0, 0.1) is 0 Å². The lowest BCUT2D eigenvalue weighted by molar-refractivity contribution is 0.768. The van der Waals surface area contributed by atoms with Crippen LogP contribution in [0.25, 0.3) is 11.0 Å². The summed E-state index contributed by atoms with van der Waals surface area (Å²) < 4.78 is 2.26. The molecule has 0 saturated carbocycles. The maximum absolute atomic E-state index is 4.62. The Bertz CT molecular complexity index is 500. The van der Waals surface area contributed by atoms with E-state index in [0.717, 1.165) is 30.1 Å². The molecule has 2 nitrogen and oxygen atoms in total. The first kappa shape index (κ1) is 11.3. The third kappa shape index (κ3) is 2.14. The number of hydrogen-bond donors (Lipinski definition) is 1. The fraction of sp³-hybridized carbons (Fsp3) is 0.308. The topological polar surface area (TPSA) is 17.8 Å². The molecule has 2 rings (SSSR count). The fourth-order valence-corrected chi connectivity index (χ4v) is 2.00. The summed E-state index contributed by atoms with van der Waals surface area (Å²) in [5.74, 6) is 1.93. The molecule has 2 aromatic rings. The Morgan fingerprint density at radius 1 is 1.31 bits per heavy atom. The van der Waals surface area contributed by atoms with Crippen molar-refractivity contribution in [1.82, 2.24) is 9.55 Å². The number of rotatable bonds is 4. The molecule has 0 N–H and O–H groups in total. The third-order valence-corrected chi connectivity index (χ3v) is 2.82. The van der Waals surface area contributed by atoms with Crippen molar-refractivity contribution < 1.29 is 0 Å². The van der Waals surface area contributed by atoms with Gasteiger partial charge in [0, 0.05) is 18.7 Å². The SMILES string of the molecule is CCc1nc2ccccc2n1CC=CCS. The van der Waals surface area contributed by atoms with Gasteiger partial charge in [0.25, 0.3) is 0 Å². The second kappa shape index (κ2) is 5.21. The van der Waals surface area contributed by atoms with Crippen LogP contribution in [0.15, 0.2) is 36.4 Å². The van der Waals surface area contributed by atoms with Gasteiger partial charge in [-0.25, -0.2) is 4.98 Å². The molecule has 3 heteroatoms. The van der Waals surface area contributed by atoms with Gasteiger partial charge < -0.3 is 4.57 Å². The number of fused-ring (bicyclic) bond motifs is 1. The van der Waals surface area contributed by atoms with Crippen molar-refractivity contribution in [3.8, 4) is 0 Å². The van der Waals surface area contributed by atoms with Gasteiger partial charge in [-0.3, -0.25) is 0 Å². The van der Waals surface area contributed by atoms with Crippen LogP contribution in [-0.4, -0.2) is 15.3 Å². The van der Waals surface area contributed by atoms with Crippen molar-refractivity contribution in [3.63, 3.8) is 0 Å². The largest absolute Gasteiger partial charge is 0.324 e. The first-order valence-corrected chi connectivity index (χ1v) is 6.20. The highest BCUT2D eigenvalue weighted by molar-refractivity contribution is 7.80. The molecule has 0 saturated heterocycles. The highest BCUT2D eigenvalue weighted by Crippen LogP contribution is 2.16. The Morgan fingerprint density at radius 3 is 2.88 bits per heavy atom. The van der Waals surface area contributed by atoms with Crippen LogP contribution in [0.4, 0.5) is 0 Å². The Kier molecular flexibility index (Phi) is 3.67. The minimum Gasteiger partial charge on any atom is -0.324 e. The molecule has 84 valence electrons. The van der Waals surface area contributed by atoms with Gasteiger partial charge in [0.05, 0.1) is 11.0 Å². The van der Waals surface area contributed by atoms with Crippen LogP contribution in [0.2, 0.25) is 0 Å². The number of para-hydroxylation sites is 2. The summed E-state index contributed by atoms with van der Waals surface area (Å²) in [5.41, 5.74) is 2.29. The van der Waals surface area contributed by atoms with E-state index in [4.69, 9.17) is 0 Å². The molecule has 0 spiro atoms. The fourth-order valence-electron chi connectivity index (χ4n) is 1.85. The molecule has 16 heavy (non-hydrogen) atoms. The van der Waals surface area contributed by atoms with E-state index in [1.165, 1.54) is 5.52 Å². The summed E-state index contributed by atoms with van der Waals surface area (Å²) >= 11 is 4.16. The molecular weight excluding hydrogens is 216 g/mol. The first-order chi connectivity index (χ1) is 7.86. The van der Waals surface area contributed by atoms with Crippen molar-refractivity contribution in [2.45, 2.75) is 19.9 Å². The molecule has 1 aromatic heterocycles. The summed E-state index contributed by atoms with van der Waals surface area (Å²) in [4.78, 5) is 4.62. The number of allylic oxidation sites excluding steroid dienone is 1. The molecule has 0 fully saturated rings. The van der Waals surface area contributed by atoms with Crippen molar-refractivity contribution in [1.29, 1.82) is 0 Å². The van der Waals surface area contributed by atoms with Gasteiger partial charge in [-0.15, -0.1) is 0 Å². The number of hydrogen-bond acceptors (Lipinski definition) is 2. The normalized spacial score (nSPS) is 11.6. The van der Waals surface area contributed by atoms with Crippen LogP contribution in [0.5, 0.6) is 0 Å². The zero-order chi connectivity index (χ0) is 11.4. The maximum atomic E-state index is 4.62. The van der Waals surface area contributed by atoms with E-state index in [1.807, 2.05) is 6.07 Å². The maximum Gasteiger partial charge on any atom is 0.109 e.